The van der Waals surface area contributed by atoms with Crippen molar-refractivity contribution >= 4 is 40.7 Å². The number of para-hydroxylation sites is 1. The summed E-state index contributed by atoms with van der Waals surface area (Å²) in [5.74, 6) is -0.382. The molecule has 0 aliphatic carbocycles. The number of nitrogens with zero attached hydrogens (tertiary/aromatic N) is 1. The zero-order valence-corrected chi connectivity index (χ0v) is 17.6. The number of carbonyl (C=O) groups excluding carboxylic acids is 1. The summed E-state index contributed by atoms with van der Waals surface area (Å²) >= 11 is 2.11. The molecule has 0 aliphatic rings. The van der Waals surface area contributed by atoms with Gasteiger partial charge in [-0.05, 0) is 59.8 Å². The van der Waals surface area contributed by atoms with Crippen molar-refractivity contribution in [2.45, 2.75) is 13.0 Å². The lowest BCUT2D eigenvalue weighted by Crippen LogP contribution is -2.24. The number of hydrogen-bond donors (Lipinski definition) is 2. The second-order valence-electron chi connectivity index (χ2n) is 5.53. The van der Waals surface area contributed by atoms with E-state index in [9.17, 15) is 9.59 Å². The van der Waals surface area contributed by atoms with Gasteiger partial charge >= 0.3 is 5.97 Å². The monoisotopic (exact) mass is 498 g/mol. The molecule has 8 nitrogen and oxygen atoms in total. The highest BCUT2D eigenvalue weighted by atomic mass is 127. The Bertz CT molecular complexity index is 900. The molecule has 148 valence electrons. The lowest BCUT2D eigenvalue weighted by Gasteiger charge is -2.15. The highest BCUT2D eigenvalue weighted by Gasteiger charge is 2.18. The molecule has 0 aromatic heterocycles. The maximum Gasteiger partial charge on any atom is 0.344 e. The van der Waals surface area contributed by atoms with Crippen LogP contribution in [0.3, 0.4) is 0 Å². The summed E-state index contributed by atoms with van der Waals surface area (Å²) in [6.45, 7) is 1.40. The van der Waals surface area contributed by atoms with Gasteiger partial charge in [0.05, 0.1) is 24.0 Å². The van der Waals surface area contributed by atoms with Gasteiger partial charge in [0.1, 0.15) is 5.75 Å². The number of benzene rings is 2. The van der Waals surface area contributed by atoms with Crippen molar-refractivity contribution in [1.82, 2.24) is 5.43 Å². The van der Waals surface area contributed by atoms with Gasteiger partial charge in [0, 0.05) is 11.1 Å². The molecule has 0 spiro atoms. The number of nitrogens with one attached hydrogen (secondary N) is 1. The second kappa shape index (κ2) is 9.93. The number of hydrogen-bond acceptors (Lipinski definition) is 6. The van der Waals surface area contributed by atoms with Crippen molar-refractivity contribution in [3.63, 3.8) is 0 Å². The lowest BCUT2D eigenvalue weighted by molar-refractivity contribution is -0.144. The van der Waals surface area contributed by atoms with E-state index < -0.39 is 18.0 Å². The van der Waals surface area contributed by atoms with Crippen LogP contribution in [-0.4, -0.2) is 43.5 Å². The van der Waals surface area contributed by atoms with Gasteiger partial charge < -0.3 is 19.3 Å². The zero-order chi connectivity index (χ0) is 20.7. The highest BCUT2D eigenvalue weighted by Crippen LogP contribution is 2.31. The number of aliphatic carboxylic acids is 1. The van der Waals surface area contributed by atoms with Crippen molar-refractivity contribution < 1.29 is 28.9 Å². The van der Waals surface area contributed by atoms with Crippen LogP contribution in [0.2, 0.25) is 0 Å². The lowest BCUT2D eigenvalue weighted by atomic mass is 10.2. The minimum atomic E-state index is -1.12. The molecule has 1 amide bonds. The molecular weight excluding hydrogens is 479 g/mol. The van der Waals surface area contributed by atoms with Gasteiger partial charge in [-0.25, -0.2) is 10.2 Å². The molecule has 0 saturated heterocycles. The summed E-state index contributed by atoms with van der Waals surface area (Å²) in [4.78, 5) is 23.4. The average molecular weight is 498 g/mol. The first-order valence-electron chi connectivity index (χ1n) is 8.10. The van der Waals surface area contributed by atoms with Crippen molar-refractivity contribution in [3.05, 3.63) is 51.1 Å². The maximum absolute atomic E-state index is 12.3. The molecule has 2 N–H and O–H groups in total. The number of ether oxygens (including phenoxy) is 3. The number of methoxy groups -OCH3 is 2. The van der Waals surface area contributed by atoms with Gasteiger partial charge in [-0.3, -0.25) is 4.79 Å². The van der Waals surface area contributed by atoms with Crippen molar-refractivity contribution in [2.24, 2.45) is 5.10 Å². The van der Waals surface area contributed by atoms with Crippen molar-refractivity contribution in [1.29, 1.82) is 0 Å². The first-order valence-corrected chi connectivity index (χ1v) is 9.18. The minimum absolute atomic E-state index is 0.217. The smallest absolute Gasteiger partial charge is 0.344 e. The first kappa shape index (κ1) is 21.5. The maximum atomic E-state index is 12.3. The second-order valence-corrected chi connectivity index (χ2v) is 6.69. The van der Waals surface area contributed by atoms with Crippen molar-refractivity contribution in [2.75, 3.05) is 14.2 Å². The predicted octanol–water partition coefficient (Wildman–Crippen LogP) is 2.92. The third-order valence-corrected chi connectivity index (χ3v) is 4.55. The Kier molecular flexibility index (Phi) is 7.61. The molecular formula is C19H19IN2O6. The molecule has 2 aromatic rings. The van der Waals surface area contributed by atoms with E-state index in [2.05, 4.69) is 33.1 Å². The molecule has 0 radical (unpaired) electrons. The summed E-state index contributed by atoms with van der Waals surface area (Å²) < 4.78 is 16.8. The van der Waals surface area contributed by atoms with E-state index in [1.807, 2.05) is 0 Å². The van der Waals surface area contributed by atoms with Crippen molar-refractivity contribution in [3.8, 4) is 17.2 Å². The van der Waals surface area contributed by atoms with Gasteiger partial charge in [0.25, 0.3) is 5.91 Å². The molecule has 0 aliphatic heterocycles. The topological polar surface area (TPSA) is 106 Å². The Morgan fingerprint density at radius 3 is 2.54 bits per heavy atom. The number of hydrazone groups is 1. The van der Waals surface area contributed by atoms with Gasteiger partial charge in [0.15, 0.2) is 17.6 Å². The third kappa shape index (κ3) is 5.35. The third-order valence-electron chi connectivity index (χ3n) is 3.65. The Balaban J connectivity index is 2.19. The Hall–Kier alpha value is -2.82. The standard InChI is InChI=1S/C19H19IN2O6/c1-11(19(24)25)28-17-13(5-4-6-15(17)26-2)10-21-22-18(23)12-7-8-14(20)16(9-12)27-3/h4-11H,1-3H3,(H,22,23)(H,24,25)/b21-10+/t11-/m1/s1. The van der Waals surface area contributed by atoms with Gasteiger partial charge in [-0.2, -0.15) is 5.10 Å². The van der Waals surface area contributed by atoms with Gasteiger partial charge in [-0.1, -0.05) is 6.07 Å². The quantitative estimate of drug-likeness (QED) is 0.330. The van der Waals surface area contributed by atoms with Gasteiger partial charge in [-0.15, -0.1) is 0 Å². The van der Waals surface area contributed by atoms with Crippen LogP contribution in [0.5, 0.6) is 17.2 Å². The van der Waals surface area contributed by atoms with Crippen LogP contribution in [0.4, 0.5) is 0 Å². The van der Waals surface area contributed by atoms with E-state index >= 15 is 0 Å². The van der Waals surface area contributed by atoms with Crippen LogP contribution in [0.15, 0.2) is 41.5 Å². The van der Waals surface area contributed by atoms with Crippen LogP contribution in [0.25, 0.3) is 0 Å². The molecule has 0 fully saturated rings. The van der Waals surface area contributed by atoms with Crippen LogP contribution in [0, 0.1) is 3.57 Å². The fraction of sp³-hybridized carbons (Fsp3) is 0.211. The molecule has 2 aromatic carbocycles. The van der Waals surface area contributed by atoms with Crippen LogP contribution in [-0.2, 0) is 4.79 Å². The van der Waals surface area contributed by atoms with E-state index in [-0.39, 0.29) is 5.75 Å². The van der Waals surface area contributed by atoms with E-state index in [0.29, 0.717) is 22.6 Å². The summed E-state index contributed by atoms with van der Waals surface area (Å²) in [6, 6.07) is 10.0. The first-order chi connectivity index (χ1) is 13.4. The van der Waals surface area contributed by atoms with E-state index in [1.54, 1.807) is 36.4 Å². The molecule has 1 atom stereocenters. The molecule has 0 unspecified atom stereocenters. The van der Waals surface area contributed by atoms with Gasteiger partial charge in [0.2, 0.25) is 0 Å². The minimum Gasteiger partial charge on any atom is -0.496 e. The fourth-order valence-electron chi connectivity index (χ4n) is 2.17. The molecule has 0 bridgehead atoms. The average Bonchev–Trinajstić information content (AvgIpc) is 2.69. The number of rotatable bonds is 8. The highest BCUT2D eigenvalue weighted by molar-refractivity contribution is 14.1. The Morgan fingerprint density at radius 2 is 1.89 bits per heavy atom. The summed E-state index contributed by atoms with van der Waals surface area (Å²) in [5, 5.41) is 13.0. The largest absolute Gasteiger partial charge is 0.496 e. The molecule has 0 saturated carbocycles. The number of amides is 1. The normalized spacial score (nSPS) is 11.7. The number of carboxylic acid groups (broad SMARTS) is 1. The summed E-state index contributed by atoms with van der Waals surface area (Å²) in [5.41, 5.74) is 3.26. The molecule has 28 heavy (non-hydrogen) atoms. The van der Waals surface area contributed by atoms with Crippen LogP contribution >= 0.6 is 22.6 Å². The molecule has 9 heteroatoms. The van der Waals surface area contributed by atoms with E-state index in [1.165, 1.54) is 27.4 Å². The molecule has 2 rings (SSSR count). The number of halogens is 1. The van der Waals surface area contributed by atoms with Crippen LogP contribution in [0.1, 0.15) is 22.8 Å². The SMILES string of the molecule is COc1cc(C(=O)N/N=C/c2cccc(OC)c2O[C@H](C)C(=O)O)ccc1I. The molecule has 0 heterocycles. The predicted molar refractivity (Wildman–Crippen MR) is 111 cm³/mol. The van der Waals surface area contributed by atoms with Crippen LogP contribution < -0.4 is 19.6 Å². The fourth-order valence-corrected chi connectivity index (χ4v) is 2.73. The Morgan fingerprint density at radius 1 is 1.18 bits per heavy atom. The zero-order valence-electron chi connectivity index (χ0n) is 15.4. The Labute approximate surface area is 175 Å². The number of carbonyl (C=O) groups is 2. The summed E-state index contributed by atoms with van der Waals surface area (Å²) in [6.07, 6.45) is 0.270. The van der Waals surface area contributed by atoms with E-state index in [0.717, 1.165) is 3.57 Å². The summed E-state index contributed by atoms with van der Waals surface area (Å²) in [7, 11) is 2.97. The number of carboxylic acids is 1. The van der Waals surface area contributed by atoms with E-state index in [4.69, 9.17) is 19.3 Å².